The second-order valence-electron chi connectivity index (χ2n) is 6.57. The molecular formula is C20H18N4O3S. The summed E-state index contributed by atoms with van der Waals surface area (Å²) in [7, 11) is 0. The monoisotopic (exact) mass is 394 g/mol. The van der Waals surface area contributed by atoms with Gasteiger partial charge in [-0.15, -0.1) is 11.3 Å². The van der Waals surface area contributed by atoms with Crippen molar-refractivity contribution >= 4 is 39.3 Å². The maximum absolute atomic E-state index is 12.5. The average Bonchev–Trinajstić information content (AvgIpc) is 3.38. The van der Waals surface area contributed by atoms with Crippen molar-refractivity contribution in [3.05, 3.63) is 58.4 Å². The number of aromatic amines is 1. The molecule has 28 heavy (non-hydrogen) atoms. The van der Waals surface area contributed by atoms with E-state index in [-0.39, 0.29) is 12.3 Å². The van der Waals surface area contributed by atoms with Gasteiger partial charge in [0.15, 0.2) is 5.13 Å². The summed E-state index contributed by atoms with van der Waals surface area (Å²) < 4.78 is 5.66. The summed E-state index contributed by atoms with van der Waals surface area (Å²) in [6.07, 6.45) is 3.48. The lowest BCUT2D eigenvalue weighted by atomic mass is 10.0. The van der Waals surface area contributed by atoms with Crippen LogP contribution < -0.4 is 11.1 Å². The van der Waals surface area contributed by atoms with E-state index in [1.54, 1.807) is 18.5 Å². The first-order valence-electron chi connectivity index (χ1n) is 8.62. The van der Waals surface area contributed by atoms with Crippen molar-refractivity contribution in [2.45, 2.75) is 20.3 Å². The molecule has 4 N–H and O–H groups in total. The van der Waals surface area contributed by atoms with Crippen LogP contribution in [0.3, 0.4) is 0 Å². The number of fused-ring (bicyclic) bond motifs is 1. The first-order valence-corrected chi connectivity index (χ1v) is 9.50. The Morgan fingerprint density at radius 3 is 2.89 bits per heavy atom. The lowest BCUT2D eigenvalue weighted by Gasteiger charge is -2.02. The minimum atomic E-state index is -0.534. The third-order valence-corrected chi connectivity index (χ3v) is 5.45. The number of benzene rings is 1. The Labute approximate surface area is 164 Å². The van der Waals surface area contributed by atoms with E-state index in [4.69, 9.17) is 10.2 Å². The fourth-order valence-corrected chi connectivity index (χ4v) is 3.75. The lowest BCUT2D eigenvalue weighted by Crippen LogP contribution is -2.14. The Kier molecular flexibility index (Phi) is 4.48. The van der Waals surface area contributed by atoms with E-state index in [0.29, 0.717) is 16.5 Å². The molecule has 2 amide bonds. The maximum atomic E-state index is 12.5. The number of nitrogens with two attached hydrogens (primary N) is 1. The Morgan fingerprint density at radius 1 is 1.32 bits per heavy atom. The van der Waals surface area contributed by atoms with Crippen molar-refractivity contribution in [2.24, 2.45) is 5.73 Å². The van der Waals surface area contributed by atoms with Crippen LogP contribution in [0.1, 0.15) is 27.2 Å². The molecular weight excluding hydrogens is 376 g/mol. The summed E-state index contributed by atoms with van der Waals surface area (Å²) >= 11 is 1.31. The molecule has 0 saturated carbocycles. The van der Waals surface area contributed by atoms with E-state index in [2.05, 4.69) is 15.3 Å². The summed E-state index contributed by atoms with van der Waals surface area (Å²) in [4.78, 5) is 30.9. The SMILES string of the molecule is Cc1ccc2c(CC(=O)Nc3nc(-c4c[nH]c(C(N)=O)c4)cs3)coc2c1C. The van der Waals surface area contributed by atoms with Crippen molar-refractivity contribution in [1.29, 1.82) is 0 Å². The molecule has 0 fully saturated rings. The predicted molar refractivity (Wildman–Crippen MR) is 108 cm³/mol. The van der Waals surface area contributed by atoms with Crippen molar-refractivity contribution in [2.75, 3.05) is 5.32 Å². The highest BCUT2D eigenvalue weighted by Gasteiger charge is 2.15. The molecule has 0 atom stereocenters. The van der Waals surface area contributed by atoms with Gasteiger partial charge in [0.1, 0.15) is 11.3 Å². The minimum absolute atomic E-state index is 0.172. The number of furan rings is 1. The van der Waals surface area contributed by atoms with E-state index >= 15 is 0 Å². The molecule has 4 aromatic rings. The van der Waals surface area contributed by atoms with Gasteiger partial charge < -0.3 is 20.5 Å². The van der Waals surface area contributed by atoms with Gasteiger partial charge >= 0.3 is 0 Å². The van der Waals surface area contributed by atoms with Crippen LogP contribution in [0.2, 0.25) is 0 Å². The van der Waals surface area contributed by atoms with Gasteiger partial charge in [-0.25, -0.2) is 4.98 Å². The highest BCUT2D eigenvalue weighted by molar-refractivity contribution is 7.14. The molecule has 142 valence electrons. The first-order chi connectivity index (χ1) is 13.4. The summed E-state index contributed by atoms with van der Waals surface area (Å²) in [6, 6.07) is 5.64. The predicted octanol–water partition coefficient (Wildman–Crippen LogP) is 3.78. The summed E-state index contributed by atoms with van der Waals surface area (Å²) in [6.45, 7) is 4.04. The molecule has 0 unspecified atom stereocenters. The van der Waals surface area contributed by atoms with Gasteiger partial charge in [-0.05, 0) is 31.0 Å². The van der Waals surface area contributed by atoms with Crippen LogP contribution in [0.5, 0.6) is 0 Å². The quantitative estimate of drug-likeness (QED) is 0.478. The van der Waals surface area contributed by atoms with Gasteiger partial charge in [0, 0.05) is 28.1 Å². The highest BCUT2D eigenvalue weighted by atomic mass is 32.1. The number of amides is 2. The average molecular weight is 394 g/mol. The molecule has 8 heteroatoms. The van der Waals surface area contributed by atoms with E-state index in [1.807, 2.05) is 31.4 Å². The molecule has 0 aliphatic rings. The van der Waals surface area contributed by atoms with E-state index < -0.39 is 5.91 Å². The number of hydrogen-bond donors (Lipinski definition) is 3. The standard InChI is InChI=1S/C20H18N4O3S/c1-10-3-4-14-13(8-27-18(14)11(10)2)6-17(25)24-20-23-16(9-28-20)12-5-15(19(21)26)22-7-12/h3-5,7-9,22H,6H2,1-2H3,(H2,21,26)(H,23,24,25). The van der Waals surface area contributed by atoms with E-state index in [9.17, 15) is 9.59 Å². The van der Waals surface area contributed by atoms with Gasteiger partial charge in [-0.2, -0.15) is 0 Å². The number of nitrogens with zero attached hydrogens (tertiary/aromatic N) is 1. The van der Waals surface area contributed by atoms with Crippen molar-refractivity contribution in [3.8, 4) is 11.3 Å². The van der Waals surface area contributed by atoms with E-state index in [1.165, 1.54) is 11.3 Å². The number of thiazole rings is 1. The number of rotatable bonds is 5. The Hall–Kier alpha value is -3.39. The minimum Gasteiger partial charge on any atom is -0.464 e. The molecule has 1 aromatic carbocycles. The van der Waals surface area contributed by atoms with Crippen molar-refractivity contribution < 1.29 is 14.0 Å². The number of carbonyl (C=O) groups is 2. The van der Waals surface area contributed by atoms with Crippen LogP contribution in [0.25, 0.3) is 22.2 Å². The molecule has 0 bridgehead atoms. The summed E-state index contributed by atoms with van der Waals surface area (Å²) in [5.41, 5.74) is 10.8. The molecule has 3 aromatic heterocycles. The summed E-state index contributed by atoms with van der Waals surface area (Å²) in [5, 5.41) is 6.06. The largest absolute Gasteiger partial charge is 0.464 e. The molecule has 0 radical (unpaired) electrons. The fourth-order valence-electron chi connectivity index (χ4n) is 3.01. The molecule has 0 saturated heterocycles. The number of hydrogen-bond acceptors (Lipinski definition) is 5. The van der Waals surface area contributed by atoms with Crippen molar-refractivity contribution in [3.63, 3.8) is 0 Å². The zero-order valence-corrected chi connectivity index (χ0v) is 16.1. The molecule has 0 aliphatic heterocycles. The van der Waals surface area contributed by atoms with Gasteiger partial charge in [0.25, 0.3) is 5.91 Å². The third-order valence-electron chi connectivity index (χ3n) is 4.69. The number of aryl methyl sites for hydroxylation is 2. The number of anilines is 1. The second kappa shape index (κ2) is 6.97. The normalized spacial score (nSPS) is 11.1. The van der Waals surface area contributed by atoms with Gasteiger partial charge in [-0.3, -0.25) is 9.59 Å². The Bertz CT molecular complexity index is 1200. The van der Waals surface area contributed by atoms with Crippen LogP contribution in [0, 0.1) is 13.8 Å². The number of carbonyl (C=O) groups excluding carboxylic acids is 2. The van der Waals surface area contributed by atoms with Crippen LogP contribution in [0.4, 0.5) is 5.13 Å². The number of aromatic nitrogens is 2. The van der Waals surface area contributed by atoms with Gasteiger partial charge in [0.2, 0.25) is 5.91 Å². The molecule has 0 spiro atoms. The third kappa shape index (κ3) is 3.29. The summed E-state index contributed by atoms with van der Waals surface area (Å²) in [5.74, 6) is -0.707. The Balaban J connectivity index is 1.48. The fraction of sp³-hybridized carbons (Fsp3) is 0.150. The van der Waals surface area contributed by atoms with E-state index in [0.717, 1.165) is 33.2 Å². The van der Waals surface area contributed by atoms with Crippen LogP contribution in [-0.4, -0.2) is 21.8 Å². The highest BCUT2D eigenvalue weighted by Crippen LogP contribution is 2.28. The molecule has 7 nitrogen and oxygen atoms in total. The first kappa shape index (κ1) is 18.0. The zero-order valence-electron chi connectivity index (χ0n) is 15.3. The zero-order chi connectivity index (χ0) is 19.8. The van der Waals surface area contributed by atoms with Gasteiger partial charge in [-0.1, -0.05) is 12.1 Å². The Morgan fingerprint density at radius 2 is 2.14 bits per heavy atom. The number of nitrogens with one attached hydrogen (secondary N) is 2. The van der Waals surface area contributed by atoms with Gasteiger partial charge in [0.05, 0.1) is 18.4 Å². The lowest BCUT2D eigenvalue weighted by molar-refractivity contribution is -0.115. The van der Waals surface area contributed by atoms with Crippen LogP contribution in [0.15, 0.2) is 40.5 Å². The number of primary amides is 1. The second-order valence-corrected chi connectivity index (χ2v) is 7.43. The molecule has 3 heterocycles. The maximum Gasteiger partial charge on any atom is 0.265 e. The van der Waals surface area contributed by atoms with Crippen molar-refractivity contribution in [1.82, 2.24) is 9.97 Å². The topological polar surface area (TPSA) is 114 Å². The van der Waals surface area contributed by atoms with Crippen LogP contribution >= 0.6 is 11.3 Å². The molecule has 0 aliphatic carbocycles. The number of H-pyrrole nitrogens is 1. The molecule has 4 rings (SSSR count). The van der Waals surface area contributed by atoms with Crippen LogP contribution in [-0.2, 0) is 11.2 Å². The smallest absolute Gasteiger partial charge is 0.265 e.